The average molecular weight is 347 g/mol. The summed E-state index contributed by atoms with van der Waals surface area (Å²) < 4.78 is 1.54. The summed E-state index contributed by atoms with van der Waals surface area (Å²) in [6, 6.07) is 14.0. The van der Waals surface area contributed by atoms with Crippen molar-refractivity contribution in [2.24, 2.45) is 0 Å². The molecule has 2 heterocycles. The summed E-state index contributed by atoms with van der Waals surface area (Å²) >= 11 is 0. The highest BCUT2D eigenvalue weighted by Gasteiger charge is 2.35. The molecule has 3 aromatic rings. The van der Waals surface area contributed by atoms with Gasteiger partial charge in [-0.15, -0.1) is 0 Å². The van der Waals surface area contributed by atoms with Crippen molar-refractivity contribution < 1.29 is 4.79 Å². The first-order chi connectivity index (χ1) is 12.8. The van der Waals surface area contributed by atoms with Gasteiger partial charge in [-0.05, 0) is 30.5 Å². The second-order valence-corrected chi connectivity index (χ2v) is 6.78. The Bertz CT molecular complexity index is 870. The summed E-state index contributed by atoms with van der Waals surface area (Å²) in [5.74, 6) is 0.491. The van der Waals surface area contributed by atoms with Gasteiger partial charge >= 0.3 is 0 Å². The highest BCUT2D eigenvalue weighted by Crippen LogP contribution is 2.40. The van der Waals surface area contributed by atoms with Gasteiger partial charge < -0.3 is 5.32 Å². The van der Waals surface area contributed by atoms with Crippen molar-refractivity contribution in [3.05, 3.63) is 72.4 Å². The molecule has 1 aromatic carbocycles. The van der Waals surface area contributed by atoms with Crippen molar-refractivity contribution in [2.75, 3.05) is 6.54 Å². The molecule has 0 saturated heterocycles. The van der Waals surface area contributed by atoms with E-state index in [4.69, 9.17) is 0 Å². The van der Waals surface area contributed by atoms with Crippen LogP contribution in [-0.2, 0) is 5.41 Å². The summed E-state index contributed by atoms with van der Waals surface area (Å²) in [4.78, 5) is 20.9. The number of carbonyl (C=O) groups is 1. The van der Waals surface area contributed by atoms with Gasteiger partial charge in [0.2, 0.25) is 0 Å². The van der Waals surface area contributed by atoms with Crippen LogP contribution in [0.25, 0.3) is 5.82 Å². The highest BCUT2D eigenvalue weighted by atomic mass is 16.1. The molecule has 0 unspecified atom stereocenters. The largest absolute Gasteiger partial charge is 0.351 e. The SMILES string of the molecule is O=C(NCC1(c2ccccc2)CCCC1)c1ccnc(-n2cncn2)c1. The van der Waals surface area contributed by atoms with E-state index in [2.05, 4.69) is 44.6 Å². The first-order valence-electron chi connectivity index (χ1n) is 8.92. The molecule has 4 rings (SSSR count). The van der Waals surface area contributed by atoms with Crippen LogP contribution >= 0.6 is 0 Å². The number of benzene rings is 1. The van der Waals surface area contributed by atoms with E-state index in [9.17, 15) is 4.79 Å². The first-order valence-corrected chi connectivity index (χ1v) is 8.92. The number of nitrogens with one attached hydrogen (secondary N) is 1. The number of nitrogens with zero attached hydrogens (tertiary/aromatic N) is 4. The van der Waals surface area contributed by atoms with Gasteiger partial charge in [0.05, 0.1) is 0 Å². The number of pyridine rings is 1. The summed E-state index contributed by atoms with van der Waals surface area (Å²) in [5, 5.41) is 7.20. The zero-order chi connectivity index (χ0) is 17.8. The molecule has 1 aliphatic rings. The van der Waals surface area contributed by atoms with E-state index in [1.165, 1.54) is 24.7 Å². The van der Waals surface area contributed by atoms with E-state index in [0.29, 0.717) is 17.9 Å². The summed E-state index contributed by atoms with van der Waals surface area (Å²) in [6.45, 7) is 0.650. The third-order valence-electron chi connectivity index (χ3n) is 5.20. The molecule has 6 nitrogen and oxygen atoms in total. The van der Waals surface area contributed by atoms with Gasteiger partial charge in [-0.25, -0.2) is 14.6 Å². The molecule has 0 spiro atoms. The molecule has 0 radical (unpaired) electrons. The smallest absolute Gasteiger partial charge is 0.251 e. The van der Waals surface area contributed by atoms with Gasteiger partial charge in [0.1, 0.15) is 12.7 Å². The molecule has 1 N–H and O–H groups in total. The molecular weight excluding hydrogens is 326 g/mol. The maximum Gasteiger partial charge on any atom is 0.251 e. The van der Waals surface area contributed by atoms with Gasteiger partial charge in [0, 0.05) is 23.7 Å². The van der Waals surface area contributed by atoms with Crippen LogP contribution in [0.5, 0.6) is 0 Å². The Kier molecular flexibility index (Phi) is 4.48. The Balaban J connectivity index is 1.51. The lowest BCUT2D eigenvalue weighted by Gasteiger charge is -2.30. The topological polar surface area (TPSA) is 72.7 Å². The van der Waals surface area contributed by atoms with Crippen molar-refractivity contribution in [3.8, 4) is 5.82 Å². The minimum absolute atomic E-state index is 0.0404. The van der Waals surface area contributed by atoms with E-state index in [-0.39, 0.29) is 11.3 Å². The monoisotopic (exact) mass is 347 g/mol. The molecule has 132 valence electrons. The number of hydrogen-bond acceptors (Lipinski definition) is 4. The zero-order valence-corrected chi connectivity index (χ0v) is 14.5. The van der Waals surface area contributed by atoms with E-state index in [0.717, 1.165) is 12.8 Å². The van der Waals surface area contributed by atoms with Crippen LogP contribution in [0.15, 0.2) is 61.3 Å². The van der Waals surface area contributed by atoms with Crippen molar-refractivity contribution in [1.29, 1.82) is 0 Å². The quantitative estimate of drug-likeness (QED) is 0.770. The van der Waals surface area contributed by atoms with Gasteiger partial charge in [-0.2, -0.15) is 5.10 Å². The lowest BCUT2D eigenvalue weighted by Crippen LogP contribution is -2.39. The predicted octanol–water partition coefficient (Wildman–Crippen LogP) is 2.90. The Morgan fingerprint density at radius 1 is 1.15 bits per heavy atom. The third-order valence-corrected chi connectivity index (χ3v) is 5.20. The maximum atomic E-state index is 12.7. The normalized spacial score (nSPS) is 15.7. The lowest BCUT2D eigenvalue weighted by atomic mass is 9.79. The van der Waals surface area contributed by atoms with Gasteiger partial charge in [-0.1, -0.05) is 43.2 Å². The minimum Gasteiger partial charge on any atom is -0.351 e. The molecule has 6 heteroatoms. The number of aromatic nitrogens is 4. The van der Waals surface area contributed by atoms with Crippen LogP contribution in [0.1, 0.15) is 41.6 Å². The zero-order valence-electron chi connectivity index (χ0n) is 14.5. The third kappa shape index (κ3) is 3.22. The highest BCUT2D eigenvalue weighted by molar-refractivity contribution is 5.94. The number of amides is 1. The maximum absolute atomic E-state index is 12.7. The van der Waals surface area contributed by atoms with Crippen LogP contribution in [0, 0.1) is 0 Å². The van der Waals surface area contributed by atoms with Crippen molar-refractivity contribution in [1.82, 2.24) is 25.1 Å². The van der Waals surface area contributed by atoms with Crippen molar-refractivity contribution in [2.45, 2.75) is 31.1 Å². The van der Waals surface area contributed by atoms with Crippen LogP contribution in [0.3, 0.4) is 0 Å². The number of rotatable bonds is 5. The molecule has 2 aromatic heterocycles. The summed E-state index contributed by atoms with van der Waals surface area (Å²) in [5.41, 5.74) is 1.93. The average Bonchev–Trinajstić information content (AvgIpc) is 3.40. The fraction of sp³-hybridized carbons (Fsp3) is 0.300. The number of hydrogen-bond donors (Lipinski definition) is 1. The van der Waals surface area contributed by atoms with Crippen LogP contribution in [-0.4, -0.2) is 32.2 Å². The van der Waals surface area contributed by atoms with E-state index < -0.39 is 0 Å². The Morgan fingerprint density at radius 3 is 2.69 bits per heavy atom. The Labute approximate surface area is 152 Å². The standard InChI is InChI=1S/C20H21N5O/c26-19(16-8-11-22-18(12-16)25-15-21-14-24-25)23-13-20(9-4-5-10-20)17-6-2-1-3-7-17/h1-3,6-8,11-12,14-15H,4-5,9-10,13H2,(H,23,26). The lowest BCUT2D eigenvalue weighted by molar-refractivity contribution is 0.0943. The van der Waals surface area contributed by atoms with Crippen molar-refractivity contribution in [3.63, 3.8) is 0 Å². The fourth-order valence-electron chi connectivity index (χ4n) is 3.77. The first kappa shape index (κ1) is 16.4. The fourth-order valence-corrected chi connectivity index (χ4v) is 3.77. The molecule has 1 fully saturated rings. The van der Waals surface area contributed by atoms with E-state index >= 15 is 0 Å². The Hall–Kier alpha value is -3.02. The second kappa shape index (κ2) is 7.07. The van der Waals surface area contributed by atoms with Crippen molar-refractivity contribution >= 4 is 5.91 Å². The van der Waals surface area contributed by atoms with Crippen LogP contribution in [0.2, 0.25) is 0 Å². The molecule has 0 atom stereocenters. The molecule has 1 aliphatic carbocycles. The van der Waals surface area contributed by atoms with E-state index in [1.54, 1.807) is 29.3 Å². The van der Waals surface area contributed by atoms with Gasteiger partial charge in [0.25, 0.3) is 5.91 Å². The molecule has 1 saturated carbocycles. The molecule has 1 amide bonds. The van der Waals surface area contributed by atoms with Gasteiger partial charge in [0.15, 0.2) is 5.82 Å². The van der Waals surface area contributed by atoms with Gasteiger partial charge in [-0.3, -0.25) is 4.79 Å². The summed E-state index contributed by atoms with van der Waals surface area (Å²) in [7, 11) is 0. The Morgan fingerprint density at radius 2 is 1.96 bits per heavy atom. The minimum atomic E-state index is -0.0871. The van der Waals surface area contributed by atoms with Crippen LogP contribution < -0.4 is 5.32 Å². The number of carbonyl (C=O) groups excluding carboxylic acids is 1. The molecule has 26 heavy (non-hydrogen) atoms. The molecule has 0 bridgehead atoms. The van der Waals surface area contributed by atoms with E-state index in [1.807, 2.05) is 6.07 Å². The predicted molar refractivity (Wildman–Crippen MR) is 98.1 cm³/mol. The molecular formula is C20H21N5O. The summed E-state index contributed by atoms with van der Waals surface area (Å²) in [6.07, 6.45) is 9.25. The van der Waals surface area contributed by atoms with Crippen LogP contribution in [0.4, 0.5) is 0 Å². The molecule has 0 aliphatic heterocycles. The second-order valence-electron chi connectivity index (χ2n) is 6.78.